The topological polar surface area (TPSA) is 121 Å². The zero-order valence-corrected chi connectivity index (χ0v) is 15.1. The highest BCUT2D eigenvalue weighted by molar-refractivity contribution is 7.71. The van der Waals surface area contributed by atoms with Crippen LogP contribution >= 0.6 is 12.2 Å². The predicted octanol–water partition coefficient (Wildman–Crippen LogP) is 1.54. The minimum atomic E-state index is -0.326. The van der Waals surface area contributed by atoms with Crippen LogP contribution in [0.3, 0.4) is 0 Å². The highest BCUT2D eigenvalue weighted by Crippen LogP contribution is 2.10. The molecule has 4 aromatic rings. The predicted molar refractivity (Wildman–Crippen MR) is 102 cm³/mol. The number of nitrogens with zero attached hydrogens (tertiary/aromatic N) is 4. The van der Waals surface area contributed by atoms with Crippen LogP contribution in [0.1, 0.15) is 17.4 Å². The van der Waals surface area contributed by atoms with Gasteiger partial charge in [0.1, 0.15) is 11.2 Å². The van der Waals surface area contributed by atoms with Gasteiger partial charge in [0.25, 0.3) is 11.5 Å². The highest BCUT2D eigenvalue weighted by Gasteiger charge is 2.15. The molecular formula is C17H15N7O2S. The number of fused-ring (bicyclic) bond motifs is 2. The molecule has 0 spiro atoms. The summed E-state index contributed by atoms with van der Waals surface area (Å²) in [4.78, 5) is 42.4. The van der Waals surface area contributed by atoms with Gasteiger partial charge in [-0.25, -0.2) is 15.0 Å². The second kappa shape index (κ2) is 6.72. The van der Waals surface area contributed by atoms with Crippen LogP contribution in [0.4, 0.5) is 0 Å². The van der Waals surface area contributed by atoms with Crippen molar-refractivity contribution < 1.29 is 4.79 Å². The number of hydrogen-bond donors (Lipinski definition) is 3. The van der Waals surface area contributed by atoms with Gasteiger partial charge in [-0.05, 0) is 43.4 Å². The first-order valence-corrected chi connectivity index (χ1v) is 8.62. The summed E-state index contributed by atoms with van der Waals surface area (Å²) in [6.45, 7) is 2.18. The van der Waals surface area contributed by atoms with E-state index in [1.54, 1.807) is 22.9 Å². The van der Waals surface area contributed by atoms with E-state index in [4.69, 9.17) is 12.2 Å². The Morgan fingerprint density at radius 1 is 1.33 bits per heavy atom. The Balaban J connectivity index is 1.56. The standard InChI is InChI=1S/C17H15N7O2S/c1-9(7-24-14-12(19-8-20-14)16(26)23-17(24)27)21-15(25)11-5-4-10-3-2-6-18-13(10)22-11/h2-6,8-9H,7H2,1H3,(H,19,20)(H,21,25)(H,23,26,27). The Bertz CT molecular complexity index is 1270. The minimum Gasteiger partial charge on any atom is -0.346 e. The van der Waals surface area contributed by atoms with Crippen molar-refractivity contribution in [3.8, 4) is 0 Å². The summed E-state index contributed by atoms with van der Waals surface area (Å²) in [5, 5.41) is 3.75. The third-order valence-corrected chi connectivity index (χ3v) is 4.42. The average Bonchev–Trinajstić information content (AvgIpc) is 3.15. The first kappa shape index (κ1) is 17.0. The maximum absolute atomic E-state index is 12.5. The fraction of sp³-hybridized carbons (Fsp3) is 0.176. The molecule has 27 heavy (non-hydrogen) atoms. The van der Waals surface area contributed by atoms with Gasteiger partial charge in [-0.2, -0.15) is 0 Å². The smallest absolute Gasteiger partial charge is 0.277 e. The molecular weight excluding hydrogens is 366 g/mol. The molecule has 0 saturated heterocycles. The molecule has 1 amide bonds. The van der Waals surface area contributed by atoms with Crippen molar-refractivity contribution in [3.05, 3.63) is 57.6 Å². The Hall–Kier alpha value is -3.40. The fourth-order valence-corrected chi connectivity index (χ4v) is 3.10. The van der Waals surface area contributed by atoms with E-state index in [1.807, 2.05) is 19.1 Å². The van der Waals surface area contributed by atoms with Gasteiger partial charge in [0.2, 0.25) is 0 Å². The quantitative estimate of drug-likeness (QED) is 0.461. The van der Waals surface area contributed by atoms with Crippen molar-refractivity contribution in [3.63, 3.8) is 0 Å². The monoisotopic (exact) mass is 381 g/mol. The van der Waals surface area contributed by atoms with Gasteiger partial charge in [0, 0.05) is 24.2 Å². The molecule has 0 aliphatic carbocycles. The highest BCUT2D eigenvalue weighted by atomic mass is 32.1. The van der Waals surface area contributed by atoms with Crippen LogP contribution in [0.5, 0.6) is 0 Å². The van der Waals surface area contributed by atoms with Gasteiger partial charge in [0.15, 0.2) is 16.1 Å². The van der Waals surface area contributed by atoms with Gasteiger partial charge in [-0.15, -0.1) is 0 Å². The normalized spacial score (nSPS) is 12.3. The van der Waals surface area contributed by atoms with Crippen LogP contribution in [-0.2, 0) is 6.54 Å². The summed E-state index contributed by atoms with van der Waals surface area (Å²) < 4.78 is 1.91. The van der Waals surface area contributed by atoms with E-state index in [9.17, 15) is 9.59 Å². The summed E-state index contributed by atoms with van der Waals surface area (Å²) >= 11 is 5.23. The Morgan fingerprint density at radius 3 is 3.04 bits per heavy atom. The van der Waals surface area contributed by atoms with E-state index in [2.05, 4.69) is 30.2 Å². The van der Waals surface area contributed by atoms with E-state index in [0.29, 0.717) is 23.4 Å². The third-order valence-electron chi connectivity index (χ3n) is 4.10. The van der Waals surface area contributed by atoms with Crippen LogP contribution in [0, 0.1) is 4.77 Å². The van der Waals surface area contributed by atoms with Crippen molar-refractivity contribution in [1.82, 2.24) is 34.8 Å². The lowest BCUT2D eigenvalue weighted by atomic mass is 10.2. The van der Waals surface area contributed by atoms with E-state index >= 15 is 0 Å². The van der Waals surface area contributed by atoms with E-state index in [-0.39, 0.29) is 28.0 Å². The lowest BCUT2D eigenvalue weighted by Crippen LogP contribution is -2.36. The number of rotatable bonds is 4. The molecule has 1 unspecified atom stereocenters. The summed E-state index contributed by atoms with van der Waals surface area (Å²) in [6.07, 6.45) is 3.06. The number of pyridine rings is 2. The molecule has 3 N–H and O–H groups in total. The van der Waals surface area contributed by atoms with E-state index < -0.39 is 0 Å². The Labute approximate surface area is 157 Å². The van der Waals surface area contributed by atoms with Gasteiger partial charge >= 0.3 is 0 Å². The van der Waals surface area contributed by atoms with E-state index in [1.165, 1.54) is 6.33 Å². The van der Waals surface area contributed by atoms with Crippen LogP contribution in [0.2, 0.25) is 0 Å². The molecule has 4 aromatic heterocycles. The molecule has 1 atom stereocenters. The second-order valence-electron chi connectivity index (χ2n) is 6.09. The van der Waals surface area contributed by atoms with Crippen molar-refractivity contribution >= 4 is 40.3 Å². The van der Waals surface area contributed by atoms with Gasteiger partial charge in [-0.3, -0.25) is 19.1 Å². The van der Waals surface area contributed by atoms with Crippen molar-refractivity contribution in [2.24, 2.45) is 0 Å². The van der Waals surface area contributed by atoms with E-state index in [0.717, 1.165) is 5.39 Å². The first-order valence-electron chi connectivity index (χ1n) is 8.22. The summed E-state index contributed by atoms with van der Waals surface area (Å²) in [5.41, 5.74) is 1.25. The molecule has 4 rings (SSSR count). The molecule has 0 saturated carbocycles. The SMILES string of the molecule is CC(Cn1c(=S)[nH]c(=O)c2[nH]cnc21)NC(=O)c1ccc2cccnc2n1. The average molecular weight is 381 g/mol. The van der Waals surface area contributed by atoms with Crippen LogP contribution in [0.15, 0.2) is 41.6 Å². The molecule has 9 nitrogen and oxygen atoms in total. The van der Waals surface area contributed by atoms with Gasteiger partial charge in [0.05, 0.1) is 6.33 Å². The number of carbonyl (C=O) groups is 1. The van der Waals surface area contributed by atoms with Crippen molar-refractivity contribution in [2.75, 3.05) is 0 Å². The number of amides is 1. The first-order chi connectivity index (χ1) is 13.0. The van der Waals surface area contributed by atoms with Crippen molar-refractivity contribution in [1.29, 1.82) is 0 Å². The molecule has 0 fully saturated rings. The molecule has 0 bridgehead atoms. The maximum Gasteiger partial charge on any atom is 0.277 e. The molecule has 0 aromatic carbocycles. The number of aromatic amines is 2. The summed E-state index contributed by atoms with van der Waals surface area (Å²) in [7, 11) is 0. The van der Waals surface area contributed by atoms with Gasteiger partial charge in [-0.1, -0.05) is 0 Å². The molecule has 0 radical (unpaired) electrons. The minimum absolute atomic E-state index is 0.244. The molecule has 0 aliphatic rings. The lowest BCUT2D eigenvalue weighted by molar-refractivity contribution is 0.0932. The van der Waals surface area contributed by atoms with Crippen molar-refractivity contribution in [2.45, 2.75) is 19.5 Å². The summed E-state index contributed by atoms with van der Waals surface area (Å²) in [6, 6.07) is 6.88. The number of aromatic nitrogens is 6. The Kier molecular flexibility index (Phi) is 4.24. The number of imidazole rings is 1. The fourth-order valence-electron chi connectivity index (χ4n) is 2.85. The van der Waals surface area contributed by atoms with Crippen LogP contribution in [0.25, 0.3) is 22.2 Å². The molecule has 0 aliphatic heterocycles. The largest absolute Gasteiger partial charge is 0.346 e. The maximum atomic E-state index is 12.5. The Morgan fingerprint density at radius 2 is 2.19 bits per heavy atom. The molecule has 136 valence electrons. The van der Waals surface area contributed by atoms with Crippen LogP contribution in [-0.4, -0.2) is 41.4 Å². The summed E-state index contributed by atoms with van der Waals surface area (Å²) in [5.74, 6) is -0.315. The number of hydrogen-bond acceptors (Lipinski definition) is 6. The third kappa shape index (κ3) is 3.22. The lowest BCUT2D eigenvalue weighted by Gasteiger charge is -2.16. The number of carbonyl (C=O) groups excluding carboxylic acids is 1. The van der Waals surface area contributed by atoms with Crippen LogP contribution < -0.4 is 10.9 Å². The number of H-pyrrole nitrogens is 2. The second-order valence-corrected chi connectivity index (χ2v) is 6.48. The zero-order chi connectivity index (χ0) is 19.0. The van der Waals surface area contributed by atoms with Gasteiger partial charge < -0.3 is 10.3 Å². The zero-order valence-electron chi connectivity index (χ0n) is 14.3. The molecule has 10 heteroatoms. The molecule has 4 heterocycles. The number of nitrogens with one attached hydrogen (secondary N) is 3.